The summed E-state index contributed by atoms with van der Waals surface area (Å²) >= 11 is 5.98. The van der Waals surface area contributed by atoms with E-state index in [1.165, 1.54) is 0 Å². The van der Waals surface area contributed by atoms with Crippen LogP contribution in [0.3, 0.4) is 0 Å². The second-order valence-corrected chi connectivity index (χ2v) is 4.68. The second kappa shape index (κ2) is 5.92. The monoisotopic (exact) mass is 255 g/mol. The largest absolute Gasteiger partial charge is 0.492 e. The number of halogens is 1. The number of hydrogen-bond donors (Lipinski definition) is 1. The van der Waals surface area contributed by atoms with Crippen LogP contribution in [0.4, 0.5) is 0 Å². The van der Waals surface area contributed by atoms with Crippen molar-refractivity contribution in [2.24, 2.45) is 5.73 Å². The predicted molar refractivity (Wildman–Crippen MR) is 69.8 cm³/mol. The molecular formula is C13H18ClNO2. The first kappa shape index (κ1) is 13.8. The molecule has 2 N–H and O–H groups in total. The van der Waals surface area contributed by atoms with Gasteiger partial charge in [0.05, 0.1) is 12.2 Å². The number of benzene rings is 1. The summed E-state index contributed by atoms with van der Waals surface area (Å²) in [5.41, 5.74) is 6.62. The van der Waals surface area contributed by atoms with Crippen LogP contribution in [0, 0.1) is 0 Å². The van der Waals surface area contributed by atoms with Gasteiger partial charge in [0.25, 0.3) is 5.91 Å². The lowest BCUT2D eigenvalue weighted by atomic mass is 9.98. The zero-order valence-corrected chi connectivity index (χ0v) is 11.2. The predicted octanol–water partition coefficient (Wildman–Crippen LogP) is 3.35. The maximum Gasteiger partial charge on any atom is 0.252 e. The summed E-state index contributed by atoms with van der Waals surface area (Å²) in [4.78, 5) is 11.4. The van der Waals surface area contributed by atoms with E-state index in [9.17, 15) is 4.79 Å². The Morgan fingerprint density at radius 2 is 2.12 bits per heavy atom. The molecule has 0 spiro atoms. The van der Waals surface area contributed by atoms with Gasteiger partial charge in [-0.3, -0.25) is 4.79 Å². The van der Waals surface area contributed by atoms with Crippen LogP contribution >= 0.6 is 11.6 Å². The number of rotatable bonds is 5. The molecule has 4 heteroatoms. The summed E-state index contributed by atoms with van der Waals surface area (Å²) in [6.07, 6.45) is 0.873. The van der Waals surface area contributed by atoms with Gasteiger partial charge in [-0.05, 0) is 30.0 Å². The van der Waals surface area contributed by atoms with Gasteiger partial charge < -0.3 is 10.5 Å². The molecule has 1 aromatic rings. The van der Waals surface area contributed by atoms with Gasteiger partial charge in [-0.2, -0.15) is 0 Å². The molecule has 0 radical (unpaired) electrons. The first-order valence-corrected chi connectivity index (χ1v) is 6.11. The van der Waals surface area contributed by atoms with Gasteiger partial charge >= 0.3 is 0 Å². The quantitative estimate of drug-likeness (QED) is 0.877. The van der Waals surface area contributed by atoms with Crippen molar-refractivity contribution in [3.63, 3.8) is 0 Å². The molecule has 0 aliphatic rings. The zero-order chi connectivity index (χ0) is 13.0. The number of carbonyl (C=O) groups excluding carboxylic acids is 1. The Bertz CT molecular complexity index is 416. The Kier molecular flexibility index (Phi) is 4.82. The van der Waals surface area contributed by atoms with Crippen LogP contribution in [0.2, 0.25) is 5.02 Å². The van der Waals surface area contributed by atoms with E-state index in [0.717, 1.165) is 12.0 Å². The zero-order valence-electron chi connectivity index (χ0n) is 10.4. The molecule has 1 amide bonds. The molecule has 0 aromatic heterocycles. The molecule has 0 saturated carbocycles. The fourth-order valence-corrected chi connectivity index (χ4v) is 1.82. The molecule has 0 heterocycles. The highest BCUT2D eigenvalue weighted by Crippen LogP contribution is 2.33. The van der Waals surface area contributed by atoms with Gasteiger partial charge in [0.15, 0.2) is 0 Å². The summed E-state index contributed by atoms with van der Waals surface area (Å²) in [6.45, 7) is 6.61. The number of amides is 1. The number of carbonyl (C=O) groups is 1. The summed E-state index contributed by atoms with van der Waals surface area (Å²) in [5, 5.41) is 0.506. The highest BCUT2D eigenvalue weighted by Gasteiger charge is 2.17. The minimum atomic E-state index is -0.513. The molecule has 94 valence electrons. The normalized spacial score (nSPS) is 10.6. The molecule has 0 atom stereocenters. The van der Waals surface area contributed by atoms with Crippen molar-refractivity contribution in [1.82, 2.24) is 0 Å². The Balaban J connectivity index is 3.31. The third-order valence-electron chi connectivity index (χ3n) is 2.42. The Labute approximate surface area is 107 Å². The van der Waals surface area contributed by atoms with E-state index in [4.69, 9.17) is 22.1 Å². The van der Waals surface area contributed by atoms with E-state index < -0.39 is 5.91 Å². The van der Waals surface area contributed by atoms with Crippen molar-refractivity contribution < 1.29 is 9.53 Å². The second-order valence-electron chi connectivity index (χ2n) is 4.24. The highest BCUT2D eigenvalue weighted by atomic mass is 35.5. The van der Waals surface area contributed by atoms with Gasteiger partial charge in [0.2, 0.25) is 0 Å². The standard InChI is InChI=1S/C13H18ClNO2/c1-4-5-17-12-10(8(2)3)6-9(14)7-11(12)13(15)16/h6-8H,4-5H2,1-3H3,(H2,15,16). The van der Waals surface area contributed by atoms with E-state index in [1.54, 1.807) is 6.07 Å². The SMILES string of the molecule is CCCOc1c(C(N)=O)cc(Cl)cc1C(C)C. The third kappa shape index (κ3) is 3.37. The number of hydrogen-bond acceptors (Lipinski definition) is 2. The highest BCUT2D eigenvalue weighted by molar-refractivity contribution is 6.31. The van der Waals surface area contributed by atoms with Gasteiger partial charge in [-0.1, -0.05) is 32.4 Å². The van der Waals surface area contributed by atoms with Crippen LogP contribution in [0.1, 0.15) is 49.0 Å². The van der Waals surface area contributed by atoms with Gasteiger partial charge in [-0.15, -0.1) is 0 Å². The van der Waals surface area contributed by atoms with Gasteiger partial charge in [0.1, 0.15) is 5.75 Å². The van der Waals surface area contributed by atoms with E-state index in [2.05, 4.69) is 0 Å². The van der Waals surface area contributed by atoms with Crippen LogP contribution in [-0.4, -0.2) is 12.5 Å². The maximum atomic E-state index is 11.4. The molecule has 0 bridgehead atoms. The molecule has 1 aromatic carbocycles. The van der Waals surface area contributed by atoms with E-state index in [0.29, 0.717) is 22.9 Å². The lowest BCUT2D eigenvalue weighted by Gasteiger charge is -2.17. The summed E-state index contributed by atoms with van der Waals surface area (Å²) < 4.78 is 5.64. The van der Waals surface area contributed by atoms with Crippen molar-refractivity contribution in [1.29, 1.82) is 0 Å². The number of primary amides is 1. The molecule has 0 saturated heterocycles. The van der Waals surface area contributed by atoms with Crippen molar-refractivity contribution in [2.75, 3.05) is 6.61 Å². The molecule has 0 fully saturated rings. The van der Waals surface area contributed by atoms with Crippen molar-refractivity contribution in [3.8, 4) is 5.75 Å². The Morgan fingerprint density at radius 3 is 2.59 bits per heavy atom. The minimum Gasteiger partial charge on any atom is -0.492 e. The van der Waals surface area contributed by atoms with Gasteiger partial charge in [-0.25, -0.2) is 0 Å². The van der Waals surface area contributed by atoms with Crippen LogP contribution in [-0.2, 0) is 0 Å². The summed E-state index contributed by atoms with van der Waals surface area (Å²) in [7, 11) is 0. The number of ether oxygens (including phenoxy) is 1. The minimum absolute atomic E-state index is 0.221. The Morgan fingerprint density at radius 1 is 1.47 bits per heavy atom. The van der Waals surface area contributed by atoms with E-state index >= 15 is 0 Å². The molecule has 0 aliphatic heterocycles. The fourth-order valence-electron chi connectivity index (χ4n) is 1.59. The molecule has 1 rings (SSSR count). The van der Waals surface area contributed by atoms with Crippen molar-refractivity contribution in [3.05, 3.63) is 28.3 Å². The summed E-state index contributed by atoms with van der Waals surface area (Å²) in [5.74, 6) is 0.276. The fraction of sp³-hybridized carbons (Fsp3) is 0.462. The number of nitrogens with two attached hydrogens (primary N) is 1. The van der Waals surface area contributed by atoms with Crippen LogP contribution in [0.5, 0.6) is 5.75 Å². The molecule has 0 unspecified atom stereocenters. The first-order chi connectivity index (χ1) is 7.97. The third-order valence-corrected chi connectivity index (χ3v) is 2.64. The average Bonchev–Trinajstić information content (AvgIpc) is 2.26. The van der Waals surface area contributed by atoms with Crippen LogP contribution in [0.25, 0.3) is 0 Å². The lowest BCUT2D eigenvalue weighted by Crippen LogP contribution is -2.15. The van der Waals surface area contributed by atoms with Crippen molar-refractivity contribution >= 4 is 17.5 Å². The summed E-state index contributed by atoms with van der Waals surface area (Å²) in [6, 6.07) is 3.38. The van der Waals surface area contributed by atoms with Crippen LogP contribution < -0.4 is 10.5 Å². The molecule has 3 nitrogen and oxygen atoms in total. The van der Waals surface area contributed by atoms with E-state index in [-0.39, 0.29) is 5.92 Å². The average molecular weight is 256 g/mol. The first-order valence-electron chi connectivity index (χ1n) is 5.73. The smallest absolute Gasteiger partial charge is 0.252 e. The molecular weight excluding hydrogens is 238 g/mol. The Hall–Kier alpha value is -1.22. The topological polar surface area (TPSA) is 52.3 Å². The molecule has 17 heavy (non-hydrogen) atoms. The molecule has 0 aliphatic carbocycles. The van der Waals surface area contributed by atoms with Crippen LogP contribution in [0.15, 0.2) is 12.1 Å². The maximum absolute atomic E-state index is 11.4. The van der Waals surface area contributed by atoms with Crippen molar-refractivity contribution in [2.45, 2.75) is 33.1 Å². The van der Waals surface area contributed by atoms with Gasteiger partial charge in [0, 0.05) is 5.02 Å². The van der Waals surface area contributed by atoms with E-state index in [1.807, 2.05) is 26.8 Å². The lowest BCUT2D eigenvalue weighted by molar-refractivity contribution is 0.0996.